The van der Waals surface area contributed by atoms with Gasteiger partial charge >= 0.3 is 0 Å². The molecular weight excluding hydrogens is 360 g/mol. The Kier molecular flexibility index (Phi) is 5.91. The molecule has 0 N–H and O–H groups in total. The fraction of sp³-hybridized carbons (Fsp3) is 0.300. The summed E-state index contributed by atoms with van der Waals surface area (Å²) in [5.74, 6) is 0.784. The van der Waals surface area contributed by atoms with E-state index >= 15 is 0 Å². The smallest absolute Gasteiger partial charge is 0.214 e. The second-order valence-electron chi connectivity index (χ2n) is 6.24. The Morgan fingerprint density at radius 1 is 1.19 bits per heavy atom. The fourth-order valence-corrected chi connectivity index (χ4v) is 3.56. The van der Waals surface area contributed by atoms with Crippen LogP contribution in [0.3, 0.4) is 0 Å². The standard InChI is InChI=1S/C20H22N4O2S/c1-5-26-17-10-8-16(9-11-17)19(25)15(4)27-20-21-22-23-24(20)18-12-13(2)6-7-14(18)3/h6-12,15H,5H2,1-4H3/t15-/m1/s1. The summed E-state index contributed by atoms with van der Waals surface area (Å²) in [5.41, 5.74) is 3.76. The Hall–Kier alpha value is -2.67. The summed E-state index contributed by atoms with van der Waals surface area (Å²) in [4.78, 5) is 12.8. The van der Waals surface area contributed by atoms with Crippen molar-refractivity contribution in [3.8, 4) is 11.4 Å². The monoisotopic (exact) mass is 382 g/mol. The molecule has 0 saturated carbocycles. The molecule has 0 fully saturated rings. The number of hydrogen-bond acceptors (Lipinski definition) is 6. The van der Waals surface area contributed by atoms with Crippen molar-refractivity contribution in [2.45, 2.75) is 38.1 Å². The summed E-state index contributed by atoms with van der Waals surface area (Å²) in [7, 11) is 0. The molecule has 0 spiro atoms. The molecule has 3 aromatic rings. The van der Waals surface area contributed by atoms with E-state index in [-0.39, 0.29) is 11.0 Å². The third-order valence-electron chi connectivity index (χ3n) is 4.13. The molecule has 27 heavy (non-hydrogen) atoms. The minimum atomic E-state index is -0.321. The van der Waals surface area contributed by atoms with Gasteiger partial charge in [0, 0.05) is 5.56 Å². The van der Waals surface area contributed by atoms with E-state index in [0.717, 1.165) is 22.6 Å². The van der Waals surface area contributed by atoms with Crippen LogP contribution in [0.2, 0.25) is 0 Å². The average Bonchev–Trinajstić information content (AvgIpc) is 3.12. The van der Waals surface area contributed by atoms with Gasteiger partial charge in [0.05, 0.1) is 17.5 Å². The van der Waals surface area contributed by atoms with Crippen LogP contribution in [0.4, 0.5) is 0 Å². The van der Waals surface area contributed by atoms with Gasteiger partial charge in [-0.3, -0.25) is 4.79 Å². The van der Waals surface area contributed by atoms with E-state index in [9.17, 15) is 4.79 Å². The van der Waals surface area contributed by atoms with Gasteiger partial charge in [-0.05, 0) is 79.6 Å². The number of nitrogens with zero attached hydrogens (tertiary/aromatic N) is 4. The van der Waals surface area contributed by atoms with Crippen LogP contribution in [0.5, 0.6) is 5.75 Å². The number of aromatic nitrogens is 4. The Morgan fingerprint density at radius 3 is 2.63 bits per heavy atom. The van der Waals surface area contributed by atoms with Gasteiger partial charge in [0.2, 0.25) is 5.16 Å². The van der Waals surface area contributed by atoms with Crippen LogP contribution < -0.4 is 4.74 Å². The van der Waals surface area contributed by atoms with Crippen molar-refractivity contribution in [3.05, 3.63) is 59.2 Å². The van der Waals surface area contributed by atoms with Gasteiger partial charge in [-0.15, -0.1) is 5.10 Å². The molecule has 1 heterocycles. The maximum atomic E-state index is 12.8. The molecule has 0 amide bonds. The average molecular weight is 382 g/mol. The number of ether oxygens (including phenoxy) is 1. The lowest BCUT2D eigenvalue weighted by atomic mass is 10.1. The summed E-state index contributed by atoms with van der Waals surface area (Å²) in [6.07, 6.45) is 0. The van der Waals surface area contributed by atoms with Gasteiger partial charge in [0.25, 0.3) is 0 Å². The van der Waals surface area contributed by atoms with Gasteiger partial charge in [-0.1, -0.05) is 23.9 Å². The van der Waals surface area contributed by atoms with Crippen molar-refractivity contribution < 1.29 is 9.53 Å². The number of benzene rings is 2. The summed E-state index contributed by atoms with van der Waals surface area (Å²) in [5, 5.41) is 12.3. The number of carbonyl (C=O) groups excluding carboxylic acids is 1. The minimum Gasteiger partial charge on any atom is -0.494 e. The molecule has 6 nitrogen and oxygen atoms in total. The summed E-state index contributed by atoms with van der Waals surface area (Å²) in [6, 6.07) is 13.3. The van der Waals surface area contributed by atoms with Crippen molar-refractivity contribution in [1.29, 1.82) is 0 Å². The van der Waals surface area contributed by atoms with Crippen LogP contribution in [-0.2, 0) is 0 Å². The predicted octanol–water partition coefficient (Wildman–Crippen LogP) is 4.04. The number of ketones is 1. The number of carbonyl (C=O) groups is 1. The number of rotatable bonds is 7. The first kappa shape index (κ1) is 19.1. The molecule has 2 aromatic carbocycles. The molecule has 3 rings (SSSR count). The van der Waals surface area contributed by atoms with Gasteiger partial charge in [-0.2, -0.15) is 4.68 Å². The predicted molar refractivity (Wildman–Crippen MR) is 106 cm³/mol. The van der Waals surface area contributed by atoms with E-state index in [4.69, 9.17) is 4.74 Å². The maximum Gasteiger partial charge on any atom is 0.214 e. The molecule has 0 aliphatic heterocycles. The molecule has 7 heteroatoms. The van der Waals surface area contributed by atoms with E-state index in [2.05, 4.69) is 15.5 Å². The largest absolute Gasteiger partial charge is 0.494 e. The van der Waals surface area contributed by atoms with Crippen molar-refractivity contribution in [3.63, 3.8) is 0 Å². The molecule has 0 aliphatic carbocycles. The second kappa shape index (κ2) is 8.35. The summed E-state index contributed by atoms with van der Waals surface area (Å²) in [6.45, 7) is 8.43. The highest BCUT2D eigenvalue weighted by Crippen LogP contribution is 2.27. The van der Waals surface area contributed by atoms with Crippen molar-refractivity contribution >= 4 is 17.5 Å². The Morgan fingerprint density at radius 2 is 1.93 bits per heavy atom. The maximum absolute atomic E-state index is 12.8. The SMILES string of the molecule is CCOc1ccc(C(=O)[C@@H](C)Sc2nnnn2-c2cc(C)ccc2C)cc1. The van der Waals surface area contributed by atoms with E-state index in [0.29, 0.717) is 17.3 Å². The first-order valence-corrected chi connectivity index (χ1v) is 9.67. The molecule has 140 valence electrons. The lowest BCUT2D eigenvalue weighted by Gasteiger charge is -2.12. The third kappa shape index (κ3) is 4.36. The first-order chi connectivity index (χ1) is 13.0. The molecule has 1 aromatic heterocycles. The van der Waals surface area contributed by atoms with Crippen LogP contribution in [0.1, 0.15) is 35.3 Å². The first-order valence-electron chi connectivity index (χ1n) is 8.79. The van der Waals surface area contributed by atoms with Gasteiger partial charge in [-0.25, -0.2) is 0 Å². The Labute approximate surface area is 162 Å². The highest BCUT2D eigenvalue weighted by atomic mass is 32.2. The molecule has 0 aliphatic rings. The van der Waals surface area contributed by atoms with E-state index in [1.807, 2.05) is 58.0 Å². The highest BCUT2D eigenvalue weighted by Gasteiger charge is 2.21. The van der Waals surface area contributed by atoms with Crippen molar-refractivity contribution in [2.24, 2.45) is 0 Å². The highest BCUT2D eigenvalue weighted by molar-refractivity contribution is 8.00. The van der Waals surface area contributed by atoms with Crippen molar-refractivity contribution in [2.75, 3.05) is 6.61 Å². The lowest BCUT2D eigenvalue weighted by Crippen LogP contribution is -2.15. The van der Waals surface area contributed by atoms with Crippen LogP contribution in [0.15, 0.2) is 47.6 Å². The molecule has 0 radical (unpaired) electrons. The molecule has 0 saturated heterocycles. The van der Waals surface area contributed by atoms with E-state index in [1.54, 1.807) is 16.8 Å². The zero-order chi connectivity index (χ0) is 19.4. The van der Waals surface area contributed by atoms with Gasteiger partial charge in [0.1, 0.15) is 5.75 Å². The quantitative estimate of drug-likeness (QED) is 0.454. The number of tetrazole rings is 1. The zero-order valence-electron chi connectivity index (χ0n) is 15.8. The molecular formula is C20H22N4O2S. The summed E-state index contributed by atoms with van der Waals surface area (Å²) >= 11 is 1.35. The molecule has 0 bridgehead atoms. The fourth-order valence-electron chi connectivity index (χ4n) is 2.68. The van der Waals surface area contributed by atoms with Gasteiger partial charge in [0.15, 0.2) is 5.78 Å². The molecule has 1 atom stereocenters. The van der Waals surface area contributed by atoms with Crippen molar-refractivity contribution in [1.82, 2.24) is 20.2 Å². The van der Waals surface area contributed by atoms with E-state index in [1.165, 1.54) is 11.8 Å². The number of thioether (sulfide) groups is 1. The normalized spacial score (nSPS) is 12.0. The topological polar surface area (TPSA) is 69.9 Å². The zero-order valence-corrected chi connectivity index (χ0v) is 16.7. The Balaban J connectivity index is 1.78. The Bertz CT molecular complexity index is 937. The van der Waals surface area contributed by atoms with Crippen LogP contribution in [0, 0.1) is 13.8 Å². The summed E-state index contributed by atoms with van der Waals surface area (Å²) < 4.78 is 7.11. The number of hydrogen-bond donors (Lipinski definition) is 0. The van der Waals surface area contributed by atoms with Crippen LogP contribution in [0.25, 0.3) is 5.69 Å². The van der Waals surface area contributed by atoms with E-state index < -0.39 is 0 Å². The third-order valence-corrected chi connectivity index (χ3v) is 5.17. The van der Waals surface area contributed by atoms with Crippen LogP contribution >= 0.6 is 11.8 Å². The van der Waals surface area contributed by atoms with Gasteiger partial charge < -0.3 is 4.74 Å². The lowest BCUT2D eigenvalue weighted by molar-refractivity contribution is 0.0994. The number of Topliss-reactive ketones (excluding diaryl/α,β-unsaturated/α-hetero) is 1. The minimum absolute atomic E-state index is 0.0264. The molecule has 0 unspecified atom stereocenters. The second-order valence-corrected chi connectivity index (χ2v) is 7.55. The van der Waals surface area contributed by atoms with Crippen LogP contribution in [-0.4, -0.2) is 37.8 Å². The number of aryl methyl sites for hydroxylation is 2.